The minimum absolute atomic E-state index is 0.327. The molecule has 1 aromatic carbocycles. The number of fused-ring (bicyclic) bond motifs is 1. The van der Waals surface area contributed by atoms with Crippen LogP contribution < -0.4 is 5.32 Å². The summed E-state index contributed by atoms with van der Waals surface area (Å²) < 4.78 is 27.5. The van der Waals surface area contributed by atoms with Gasteiger partial charge in [0.2, 0.25) is 5.91 Å². The van der Waals surface area contributed by atoms with Crippen LogP contribution in [0.3, 0.4) is 0 Å². The molecule has 3 aromatic rings. The van der Waals surface area contributed by atoms with Gasteiger partial charge in [0.15, 0.2) is 0 Å². The Kier molecular flexibility index (Phi) is 4.46. The highest BCUT2D eigenvalue weighted by Gasteiger charge is 2.28. The minimum atomic E-state index is -0.771. The highest BCUT2D eigenvalue weighted by atomic mass is 32.1. The van der Waals surface area contributed by atoms with Gasteiger partial charge in [-0.2, -0.15) is 0 Å². The van der Waals surface area contributed by atoms with Gasteiger partial charge in [-0.1, -0.05) is 6.07 Å². The van der Waals surface area contributed by atoms with E-state index in [9.17, 15) is 13.6 Å². The van der Waals surface area contributed by atoms with Crippen molar-refractivity contribution in [3.63, 3.8) is 0 Å². The maximum atomic E-state index is 13.7. The molecule has 0 saturated heterocycles. The van der Waals surface area contributed by atoms with Crippen LogP contribution >= 0.6 is 11.3 Å². The molecule has 0 fully saturated rings. The van der Waals surface area contributed by atoms with E-state index in [1.54, 1.807) is 23.7 Å². The highest BCUT2D eigenvalue weighted by molar-refractivity contribution is 7.15. The number of carbonyl (C=O) groups is 1. The summed E-state index contributed by atoms with van der Waals surface area (Å²) in [7, 11) is 0. The number of nitrogens with one attached hydrogen (secondary N) is 1. The Labute approximate surface area is 152 Å². The molecule has 4 rings (SSSR count). The molecule has 1 unspecified atom stereocenters. The van der Waals surface area contributed by atoms with Crippen molar-refractivity contribution in [1.29, 1.82) is 0 Å². The van der Waals surface area contributed by atoms with Crippen molar-refractivity contribution in [2.45, 2.75) is 19.3 Å². The average Bonchev–Trinajstić information content (AvgIpc) is 3.09. The lowest BCUT2D eigenvalue weighted by Crippen LogP contribution is -2.28. The Balaban J connectivity index is 1.51. The Morgan fingerprint density at radius 1 is 1.15 bits per heavy atom. The number of pyridine rings is 1. The molecule has 7 heteroatoms. The summed E-state index contributed by atoms with van der Waals surface area (Å²) in [6, 6.07) is 7.32. The molecule has 1 N–H and O–H groups in total. The second kappa shape index (κ2) is 6.92. The van der Waals surface area contributed by atoms with Crippen LogP contribution in [0.25, 0.3) is 10.6 Å². The van der Waals surface area contributed by atoms with Gasteiger partial charge in [0.05, 0.1) is 5.69 Å². The largest absolute Gasteiger partial charge is 0.321 e. The van der Waals surface area contributed by atoms with Crippen LogP contribution in [-0.4, -0.2) is 15.9 Å². The van der Waals surface area contributed by atoms with Crippen molar-refractivity contribution in [2.24, 2.45) is 5.92 Å². The number of carbonyl (C=O) groups excluding carboxylic acids is 1. The fraction of sp³-hybridized carbons (Fsp3) is 0.211. The molecule has 4 nitrogen and oxygen atoms in total. The zero-order valence-electron chi connectivity index (χ0n) is 13.7. The van der Waals surface area contributed by atoms with Gasteiger partial charge < -0.3 is 5.32 Å². The molecule has 2 aromatic heterocycles. The number of para-hydroxylation sites is 1. The first-order valence-corrected chi connectivity index (χ1v) is 9.07. The van der Waals surface area contributed by atoms with Gasteiger partial charge in [-0.25, -0.2) is 13.8 Å². The van der Waals surface area contributed by atoms with Crippen LogP contribution in [0.15, 0.2) is 42.7 Å². The minimum Gasteiger partial charge on any atom is -0.321 e. The second-order valence-corrected chi connectivity index (χ2v) is 7.23. The summed E-state index contributed by atoms with van der Waals surface area (Å²) in [6.45, 7) is 0. The van der Waals surface area contributed by atoms with Crippen molar-refractivity contribution in [1.82, 2.24) is 9.97 Å². The van der Waals surface area contributed by atoms with Crippen molar-refractivity contribution >= 4 is 22.9 Å². The Morgan fingerprint density at radius 3 is 2.62 bits per heavy atom. The first-order valence-electron chi connectivity index (χ1n) is 8.25. The number of benzene rings is 1. The van der Waals surface area contributed by atoms with Gasteiger partial charge in [-0.3, -0.25) is 9.78 Å². The van der Waals surface area contributed by atoms with E-state index in [0.29, 0.717) is 19.3 Å². The zero-order chi connectivity index (χ0) is 18.1. The van der Waals surface area contributed by atoms with Crippen molar-refractivity contribution in [2.75, 3.05) is 5.32 Å². The summed E-state index contributed by atoms with van der Waals surface area (Å²) in [6.07, 6.45) is 5.24. The van der Waals surface area contributed by atoms with Crippen LogP contribution in [0, 0.1) is 17.6 Å². The fourth-order valence-electron chi connectivity index (χ4n) is 3.06. The quantitative estimate of drug-likeness (QED) is 0.750. The molecule has 26 heavy (non-hydrogen) atoms. The fourth-order valence-corrected chi connectivity index (χ4v) is 4.25. The molecule has 0 bridgehead atoms. The predicted octanol–water partition coefficient (Wildman–Crippen LogP) is 4.23. The number of amides is 1. The smallest absolute Gasteiger partial charge is 0.228 e. The molecule has 1 amide bonds. The van der Waals surface area contributed by atoms with E-state index in [-0.39, 0.29) is 17.5 Å². The van der Waals surface area contributed by atoms with Crippen LogP contribution in [-0.2, 0) is 17.6 Å². The molecule has 1 atom stereocenters. The van der Waals surface area contributed by atoms with Crippen molar-refractivity contribution < 1.29 is 13.6 Å². The number of anilines is 1. The Bertz CT molecular complexity index is 938. The summed E-state index contributed by atoms with van der Waals surface area (Å²) in [5.74, 6) is -2.23. The lowest BCUT2D eigenvalue weighted by molar-refractivity contribution is -0.120. The van der Waals surface area contributed by atoms with E-state index in [4.69, 9.17) is 0 Å². The highest BCUT2D eigenvalue weighted by Crippen LogP contribution is 2.35. The van der Waals surface area contributed by atoms with E-state index in [1.165, 1.54) is 6.07 Å². The van der Waals surface area contributed by atoms with Gasteiger partial charge in [0, 0.05) is 28.8 Å². The van der Waals surface area contributed by atoms with Gasteiger partial charge >= 0.3 is 0 Å². The molecule has 1 aliphatic carbocycles. The number of aryl methyl sites for hydroxylation is 1. The lowest BCUT2D eigenvalue weighted by Gasteiger charge is -2.20. The standard InChI is InChI=1S/C19H15F2N3OS/c20-13-2-1-3-14(21)17(13)24-18(25)12-4-5-15-16(10-12)26-19(23-15)11-6-8-22-9-7-11/h1-3,6-9,12H,4-5,10H2,(H,24,25). The van der Waals surface area contributed by atoms with Gasteiger partial charge in [0.1, 0.15) is 22.3 Å². The molecular weight excluding hydrogens is 356 g/mol. The molecule has 0 saturated carbocycles. The van der Waals surface area contributed by atoms with Crippen molar-refractivity contribution in [3.05, 3.63) is 64.9 Å². The first kappa shape index (κ1) is 16.8. The second-order valence-electron chi connectivity index (χ2n) is 6.15. The van der Waals surface area contributed by atoms with E-state index in [2.05, 4.69) is 15.3 Å². The average molecular weight is 371 g/mol. The number of hydrogen-bond donors (Lipinski definition) is 1. The summed E-state index contributed by atoms with van der Waals surface area (Å²) in [5.41, 5.74) is 1.61. The van der Waals surface area contributed by atoms with Crippen LogP contribution in [0.5, 0.6) is 0 Å². The van der Waals surface area contributed by atoms with E-state index in [1.807, 2.05) is 12.1 Å². The third-order valence-electron chi connectivity index (χ3n) is 4.45. The van der Waals surface area contributed by atoms with Gasteiger partial charge in [-0.05, 0) is 43.5 Å². The third-order valence-corrected chi connectivity index (χ3v) is 5.62. The van der Waals surface area contributed by atoms with Crippen molar-refractivity contribution in [3.8, 4) is 10.6 Å². The monoisotopic (exact) mass is 371 g/mol. The Hall–Kier alpha value is -2.67. The molecule has 0 spiro atoms. The molecule has 132 valence electrons. The number of aromatic nitrogens is 2. The Morgan fingerprint density at radius 2 is 1.88 bits per heavy atom. The van der Waals surface area contributed by atoms with E-state index in [0.717, 1.165) is 33.3 Å². The molecule has 2 heterocycles. The number of nitrogens with zero attached hydrogens (tertiary/aromatic N) is 2. The van der Waals surface area contributed by atoms with Gasteiger partial charge in [0.25, 0.3) is 0 Å². The van der Waals surface area contributed by atoms with Gasteiger partial charge in [-0.15, -0.1) is 11.3 Å². The number of hydrogen-bond acceptors (Lipinski definition) is 4. The van der Waals surface area contributed by atoms with Crippen LogP contribution in [0.2, 0.25) is 0 Å². The molecular formula is C19H15F2N3OS. The van der Waals surface area contributed by atoms with E-state index < -0.39 is 11.6 Å². The van der Waals surface area contributed by atoms with Crippen LogP contribution in [0.4, 0.5) is 14.5 Å². The van der Waals surface area contributed by atoms with E-state index >= 15 is 0 Å². The third kappa shape index (κ3) is 3.22. The molecule has 0 radical (unpaired) electrons. The number of rotatable bonds is 3. The molecule has 1 aliphatic rings. The topological polar surface area (TPSA) is 54.9 Å². The summed E-state index contributed by atoms with van der Waals surface area (Å²) in [5, 5.41) is 3.31. The summed E-state index contributed by atoms with van der Waals surface area (Å²) >= 11 is 1.56. The maximum Gasteiger partial charge on any atom is 0.228 e. The van der Waals surface area contributed by atoms with Crippen LogP contribution in [0.1, 0.15) is 17.0 Å². The SMILES string of the molecule is O=C(Nc1c(F)cccc1F)C1CCc2nc(-c3ccncc3)sc2C1. The molecule has 0 aliphatic heterocycles. The number of thiazole rings is 1. The lowest BCUT2D eigenvalue weighted by atomic mass is 9.90. The normalized spacial score (nSPS) is 16.2. The summed E-state index contributed by atoms with van der Waals surface area (Å²) in [4.78, 5) is 22.2. The zero-order valence-corrected chi connectivity index (χ0v) is 14.5. The first-order chi connectivity index (χ1) is 12.6. The predicted molar refractivity (Wildman–Crippen MR) is 95.8 cm³/mol. The number of halogens is 2. The maximum absolute atomic E-state index is 13.7.